The summed E-state index contributed by atoms with van der Waals surface area (Å²) < 4.78 is 10.7. The SMILES string of the molecule is COCc1ccccc1CNC(=O)COc1ccc(C)cc1C. The monoisotopic (exact) mass is 313 g/mol. The molecule has 122 valence electrons. The number of carbonyl (C=O) groups excluding carboxylic acids is 1. The molecule has 0 spiro atoms. The highest BCUT2D eigenvalue weighted by Gasteiger charge is 2.07. The fourth-order valence-electron chi connectivity index (χ4n) is 2.38. The first-order valence-corrected chi connectivity index (χ1v) is 7.62. The summed E-state index contributed by atoms with van der Waals surface area (Å²) in [5.41, 5.74) is 4.33. The number of rotatable bonds is 7. The van der Waals surface area contributed by atoms with Gasteiger partial charge < -0.3 is 14.8 Å². The van der Waals surface area contributed by atoms with Crippen molar-refractivity contribution >= 4 is 5.91 Å². The molecule has 0 aromatic heterocycles. The second-order valence-electron chi connectivity index (χ2n) is 5.54. The van der Waals surface area contributed by atoms with Crippen molar-refractivity contribution in [2.45, 2.75) is 27.0 Å². The van der Waals surface area contributed by atoms with E-state index in [9.17, 15) is 4.79 Å². The largest absolute Gasteiger partial charge is 0.484 e. The summed E-state index contributed by atoms with van der Waals surface area (Å²) in [6.45, 7) is 5.01. The normalized spacial score (nSPS) is 10.4. The maximum Gasteiger partial charge on any atom is 0.258 e. The lowest BCUT2D eigenvalue weighted by Crippen LogP contribution is -2.28. The average Bonchev–Trinajstić information content (AvgIpc) is 2.53. The number of aryl methyl sites for hydroxylation is 2. The van der Waals surface area contributed by atoms with Crippen LogP contribution in [-0.2, 0) is 22.7 Å². The number of hydrogen-bond acceptors (Lipinski definition) is 3. The molecule has 0 radical (unpaired) electrons. The van der Waals surface area contributed by atoms with Gasteiger partial charge in [-0.05, 0) is 36.6 Å². The highest BCUT2D eigenvalue weighted by atomic mass is 16.5. The number of hydrogen-bond donors (Lipinski definition) is 1. The van der Waals surface area contributed by atoms with Gasteiger partial charge in [-0.1, -0.05) is 42.0 Å². The zero-order valence-corrected chi connectivity index (χ0v) is 13.9. The minimum absolute atomic E-state index is 0.0103. The minimum atomic E-state index is -0.141. The molecule has 1 N–H and O–H groups in total. The lowest BCUT2D eigenvalue weighted by molar-refractivity contribution is -0.123. The average molecular weight is 313 g/mol. The van der Waals surface area contributed by atoms with Crippen LogP contribution in [0, 0.1) is 13.8 Å². The molecule has 0 bridgehead atoms. The van der Waals surface area contributed by atoms with Gasteiger partial charge in [0.2, 0.25) is 0 Å². The van der Waals surface area contributed by atoms with Gasteiger partial charge in [0, 0.05) is 13.7 Å². The number of benzene rings is 2. The first kappa shape index (κ1) is 17.0. The lowest BCUT2D eigenvalue weighted by Gasteiger charge is -2.12. The van der Waals surface area contributed by atoms with E-state index in [1.54, 1.807) is 7.11 Å². The van der Waals surface area contributed by atoms with Crippen LogP contribution in [0.3, 0.4) is 0 Å². The van der Waals surface area contributed by atoms with Gasteiger partial charge in [0.05, 0.1) is 6.61 Å². The van der Waals surface area contributed by atoms with Crippen molar-refractivity contribution in [3.63, 3.8) is 0 Å². The van der Waals surface area contributed by atoms with E-state index in [1.807, 2.05) is 56.3 Å². The number of amides is 1. The Bertz CT molecular complexity index is 667. The molecule has 0 aliphatic carbocycles. The number of ether oxygens (including phenoxy) is 2. The molecule has 0 atom stereocenters. The molecule has 0 saturated carbocycles. The van der Waals surface area contributed by atoms with Crippen molar-refractivity contribution in [1.82, 2.24) is 5.32 Å². The molecular weight excluding hydrogens is 290 g/mol. The molecule has 0 aliphatic rings. The van der Waals surface area contributed by atoms with E-state index in [1.165, 1.54) is 5.56 Å². The fraction of sp³-hybridized carbons (Fsp3) is 0.316. The highest BCUT2D eigenvalue weighted by Crippen LogP contribution is 2.18. The van der Waals surface area contributed by atoms with Gasteiger partial charge in [-0.25, -0.2) is 0 Å². The van der Waals surface area contributed by atoms with Crippen LogP contribution in [0.25, 0.3) is 0 Å². The van der Waals surface area contributed by atoms with E-state index in [0.29, 0.717) is 13.2 Å². The van der Waals surface area contributed by atoms with Gasteiger partial charge in [-0.15, -0.1) is 0 Å². The number of methoxy groups -OCH3 is 1. The van der Waals surface area contributed by atoms with Crippen molar-refractivity contribution in [1.29, 1.82) is 0 Å². The third kappa shape index (κ3) is 5.11. The molecule has 2 aromatic carbocycles. The summed E-state index contributed by atoms with van der Waals surface area (Å²) in [4.78, 5) is 12.0. The van der Waals surface area contributed by atoms with E-state index in [2.05, 4.69) is 5.32 Å². The first-order chi connectivity index (χ1) is 11.1. The predicted molar refractivity (Wildman–Crippen MR) is 90.4 cm³/mol. The summed E-state index contributed by atoms with van der Waals surface area (Å²) >= 11 is 0. The quantitative estimate of drug-likeness (QED) is 0.854. The van der Waals surface area contributed by atoms with Crippen LogP contribution < -0.4 is 10.1 Å². The third-order valence-corrected chi connectivity index (χ3v) is 3.58. The topological polar surface area (TPSA) is 47.6 Å². The van der Waals surface area contributed by atoms with Gasteiger partial charge >= 0.3 is 0 Å². The maximum absolute atomic E-state index is 12.0. The van der Waals surface area contributed by atoms with Crippen LogP contribution in [0.2, 0.25) is 0 Å². The molecule has 23 heavy (non-hydrogen) atoms. The summed E-state index contributed by atoms with van der Waals surface area (Å²) in [6.07, 6.45) is 0. The second kappa shape index (κ2) is 8.34. The van der Waals surface area contributed by atoms with Crippen LogP contribution in [0.5, 0.6) is 5.75 Å². The van der Waals surface area contributed by atoms with Crippen molar-refractivity contribution in [2.24, 2.45) is 0 Å². The molecule has 1 amide bonds. The van der Waals surface area contributed by atoms with E-state index in [4.69, 9.17) is 9.47 Å². The Hall–Kier alpha value is -2.33. The Kier molecular flexibility index (Phi) is 6.18. The minimum Gasteiger partial charge on any atom is -0.484 e. The highest BCUT2D eigenvalue weighted by molar-refractivity contribution is 5.77. The van der Waals surface area contributed by atoms with Gasteiger partial charge in [0.15, 0.2) is 6.61 Å². The molecular formula is C19H23NO3. The first-order valence-electron chi connectivity index (χ1n) is 7.62. The molecule has 2 aromatic rings. The summed E-state index contributed by atoms with van der Waals surface area (Å²) in [6, 6.07) is 13.8. The smallest absolute Gasteiger partial charge is 0.258 e. The van der Waals surface area contributed by atoms with Crippen LogP contribution in [-0.4, -0.2) is 19.6 Å². The standard InChI is InChI=1S/C19H23NO3/c1-14-8-9-18(15(2)10-14)23-13-19(21)20-11-16-6-4-5-7-17(16)12-22-3/h4-10H,11-13H2,1-3H3,(H,20,21). The fourth-order valence-corrected chi connectivity index (χ4v) is 2.38. The molecule has 0 heterocycles. The number of nitrogens with one attached hydrogen (secondary N) is 1. The Balaban J connectivity index is 1.86. The maximum atomic E-state index is 12.0. The van der Waals surface area contributed by atoms with Crippen molar-refractivity contribution < 1.29 is 14.3 Å². The molecule has 0 aliphatic heterocycles. The van der Waals surface area contributed by atoms with E-state index in [0.717, 1.165) is 22.4 Å². The van der Waals surface area contributed by atoms with Crippen LogP contribution in [0.15, 0.2) is 42.5 Å². The Morgan fingerprint density at radius 1 is 1.09 bits per heavy atom. The van der Waals surface area contributed by atoms with Crippen LogP contribution >= 0.6 is 0 Å². The van der Waals surface area contributed by atoms with E-state index < -0.39 is 0 Å². The van der Waals surface area contributed by atoms with Crippen molar-refractivity contribution in [3.8, 4) is 5.75 Å². The molecule has 0 saturated heterocycles. The Morgan fingerprint density at radius 3 is 2.52 bits per heavy atom. The van der Waals surface area contributed by atoms with Crippen molar-refractivity contribution in [3.05, 3.63) is 64.7 Å². The van der Waals surface area contributed by atoms with Gasteiger partial charge in [-0.3, -0.25) is 4.79 Å². The van der Waals surface area contributed by atoms with E-state index in [-0.39, 0.29) is 12.5 Å². The molecule has 2 rings (SSSR count). The van der Waals surface area contributed by atoms with Gasteiger partial charge in [-0.2, -0.15) is 0 Å². The summed E-state index contributed by atoms with van der Waals surface area (Å²) in [7, 11) is 1.66. The molecule has 0 unspecified atom stereocenters. The third-order valence-electron chi connectivity index (χ3n) is 3.58. The molecule has 4 nitrogen and oxygen atoms in total. The lowest BCUT2D eigenvalue weighted by atomic mass is 10.1. The molecule has 4 heteroatoms. The van der Waals surface area contributed by atoms with Gasteiger partial charge in [0.1, 0.15) is 5.75 Å². The summed E-state index contributed by atoms with van der Waals surface area (Å²) in [5, 5.41) is 2.88. The second-order valence-corrected chi connectivity index (χ2v) is 5.54. The van der Waals surface area contributed by atoms with Crippen LogP contribution in [0.1, 0.15) is 22.3 Å². The van der Waals surface area contributed by atoms with Crippen LogP contribution in [0.4, 0.5) is 0 Å². The molecule has 0 fully saturated rings. The zero-order chi connectivity index (χ0) is 16.7. The summed E-state index contributed by atoms with van der Waals surface area (Å²) in [5.74, 6) is 0.600. The number of carbonyl (C=O) groups is 1. The Morgan fingerprint density at radius 2 is 1.83 bits per heavy atom. The van der Waals surface area contributed by atoms with E-state index >= 15 is 0 Å². The van der Waals surface area contributed by atoms with Crippen molar-refractivity contribution in [2.75, 3.05) is 13.7 Å². The zero-order valence-electron chi connectivity index (χ0n) is 13.9. The Labute approximate surface area is 137 Å². The van der Waals surface area contributed by atoms with Gasteiger partial charge in [0.25, 0.3) is 5.91 Å². The predicted octanol–water partition coefficient (Wildman–Crippen LogP) is 3.15.